The predicted molar refractivity (Wildman–Crippen MR) is 90.0 cm³/mol. The Morgan fingerprint density at radius 3 is 2.58 bits per heavy atom. The normalized spacial score (nSPS) is 13.7. The summed E-state index contributed by atoms with van der Waals surface area (Å²) in [6.45, 7) is 1.65. The van der Waals surface area contributed by atoms with E-state index in [0.717, 1.165) is 18.5 Å². The number of aryl methyl sites for hydroxylation is 1. The van der Waals surface area contributed by atoms with Crippen LogP contribution in [0.25, 0.3) is 0 Å². The number of carbonyl (C=O) groups excluding carboxylic acids is 2. The molecule has 124 valence electrons. The van der Waals surface area contributed by atoms with Crippen molar-refractivity contribution in [2.24, 2.45) is 0 Å². The molecule has 1 aliphatic heterocycles. The number of carbonyl (C=O) groups is 2. The van der Waals surface area contributed by atoms with Gasteiger partial charge in [0.2, 0.25) is 0 Å². The van der Waals surface area contributed by atoms with Gasteiger partial charge in [0, 0.05) is 31.2 Å². The van der Waals surface area contributed by atoms with Gasteiger partial charge in [0.25, 0.3) is 0 Å². The van der Waals surface area contributed by atoms with Crippen LogP contribution in [0.2, 0.25) is 0 Å². The number of hydrogen-bond acceptors (Lipinski definition) is 4. The molecular formula is C18H19N3O3. The fourth-order valence-electron chi connectivity index (χ4n) is 2.57. The lowest BCUT2D eigenvalue weighted by atomic mass is 10.1. The Hall–Kier alpha value is -2.89. The van der Waals surface area contributed by atoms with Crippen LogP contribution in [-0.4, -0.2) is 36.7 Å². The maximum Gasteiger partial charge on any atom is 0.338 e. The van der Waals surface area contributed by atoms with E-state index < -0.39 is 0 Å². The summed E-state index contributed by atoms with van der Waals surface area (Å²) >= 11 is 0. The van der Waals surface area contributed by atoms with Gasteiger partial charge in [-0.05, 0) is 54.8 Å². The van der Waals surface area contributed by atoms with Gasteiger partial charge in [-0.3, -0.25) is 9.88 Å². The van der Waals surface area contributed by atoms with E-state index in [-0.39, 0.29) is 12.0 Å². The first-order valence-electron chi connectivity index (χ1n) is 7.95. The molecular weight excluding hydrogens is 306 g/mol. The van der Waals surface area contributed by atoms with Gasteiger partial charge in [-0.15, -0.1) is 0 Å². The van der Waals surface area contributed by atoms with E-state index in [4.69, 9.17) is 4.74 Å². The molecule has 6 nitrogen and oxygen atoms in total. The number of urea groups is 1. The van der Waals surface area contributed by atoms with Gasteiger partial charge in [-0.1, -0.05) is 0 Å². The Labute approximate surface area is 140 Å². The Kier molecular flexibility index (Phi) is 5.05. The van der Waals surface area contributed by atoms with Gasteiger partial charge in [0.1, 0.15) is 0 Å². The minimum absolute atomic E-state index is 0.110. The molecule has 24 heavy (non-hydrogen) atoms. The van der Waals surface area contributed by atoms with Crippen LogP contribution in [0.3, 0.4) is 0 Å². The monoisotopic (exact) mass is 325 g/mol. The fraction of sp³-hybridized carbons (Fsp3) is 0.278. The van der Waals surface area contributed by atoms with Crippen molar-refractivity contribution in [3.05, 3.63) is 59.9 Å². The first-order valence-corrected chi connectivity index (χ1v) is 7.95. The summed E-state index contributed by atoms with van der Waals surface area (Å²) in [5.41, 5.74) is 2.44. The molecule has 0 saturated carbocycles. The molecule has 1 aliphatic rings. The van der Waals surface area contributed by atoms with Crippen LogP contribution in [0, 0.1) is 0 Å². The van der Waals surface area contributed by atoms with Crippen molar-refractivity contribution in [3.63, 3.8) is 0 Å². The van der Waals surface area contributed by atoms with E-state index in [0.29, 0.717) is 25.3 Å². The van der Waals surface area contributed by atoms with Gasteiger partial charge in [-0.2, -0.15) is 0 Å². The van der Waals surface area contributed by atoms with Crippen LogP contribution >= 0.6 is 0 Å². The van der Waals surface area contributed by atoms with Crippen molar-refractivity contribution < 1.29 is 14.3 Å². The molecule has 0 unspecified atom stereocenters. The summed E-state index contributed by atoms with van der Waals surface area (Å²) in [5.74, 6) is -0.345. The molecule has 1 aromatic heterocycles. The zero-order chi connectivity index (χ0) is 16.8. The largest absolute Gasteiger partial charge is 0.462 e. The lowest BCUT2D eigenvalue weighted by Gasteiger charge is -2.14. The third-order valence-electron chi connectivity index (χ3n) is 3.86. The summed E-state index contributed by atoms with van der Waals surface area (Å²) in [5, 5.41) is 2.74. The average Bonchev–Trinajstić information content (AvgIpc) is 3.05. The predicted octanol–water partition coefficient (Wildman–Crippen LogP) is 2.40. The number of pyridine rings is 1. The van der Waals surface area contributed by atoms with Crippen molar-refractivity contribution in [2.75, 3.05) is 24.6 Å². The number of nitrogens with one attached hydrogen (secondary N) is 1. The van der Waals surface area contributed by atoms with E-state index in [9.17, 15) is 9.59 Å². The lowest BCUT2D eigenvalue weighted by Crippen LogP contribution is -2.27. The van der Waals surface area contributed by atoms with E-state index in [1.165, 1.54) is 5.56 Å². The summed E-state index contributed by atoms with van der Waals surface area (Å²) in [7, 11) is 0. The Bertz CT molecular complexity index is 701. The smallest absolute Gasteiger partial charge is 0.338 e. The molecule has 2 heterocycles. The number of nitrogens with zero attached hydrogens (tertiary/aromatic N) is 2. The molecule has 2 amide bonds. The lowest BCUT2D eigenvalue weighted by molar-refractivity contribution is 0.0500. The van der Waals surface area contributed by atoms with E-state index in [1.807, 2.05) is 12.1 Å². The summed E-state index contributed by atoms with van der Waals surface area (Å²) in [6.07, 6.45) is 5.12. The summed E-state index contributed by atoms with van der Waals surface area (Å²) < 4.78 is 5.29. The van der Waals surface area contributed by atoms with E-state index in [1.54, 1.807) is 41.6 Å². The molecule has 0 bridgehead atoms. The van der Waals surface area contributed by atoms with Crippen LogP contribution < -0.4 is 10.2 Å². The molecule has 1 N–H and O–H groups in total. The Balaban J connectivity index is 1.47. The minimum Gasteiger partial charge on any atom is -0.462 e. The number of rotatable bonds is 6. The van der Waals surface area contributed by atoms with Crippen molar-refractivity contribution in [3.8, 4) is 0 Å². The van der Waals surface area contributed by atoms with Crippen molar-refractivity contribution in [1.82, 2.24) is 10.3 Å². The molecule has 0 atom stereocenters. The second-order valence-corrected chi connectivity index (χ2v) is 5.53. The molecule has 0 aliphatic carbocycles. The number of benzene rings is 1. The van der Waals surface area contributed by atoms with Crippen molar-refractivity contribution >= 4 is 17.7 Å². The van der Waals surface area contributed by atoms with Crippen molar-refractivity contribution in [1.29, 1.82) is 0 Å². The van der Waals surface area contributed by atoms with Crippen LogP contribution in [0.5, 0.6) is 0 Å². The van der Waals surface area contributed by atoms with E-state index in [2.05, 4.69) is 10.3 Å². The van der Waals surface area contributed by atoms with Gasteiger partial charge in [-0.25, -0.2) is 9.59 Å². The summed E-state index contributed by atoms with van der Waals surface area (Å²) in [4.78, 5) is 29.2. The van der Waals surface area contributed by atoms with Gasteiger partial charge >= 0.3 is 12.0 Å². The van der Waals surface area contributed by atoms with E-state index >= 15 is 0 Å². The highest BCUT2D eigenvalue weighted by Gasteiger charge is 2.21. The average molecular weight is 325 g/mol. The SMILES string of the molecule is O=C(OCCCc1ccncc1)c1ccc(N2CCNC2=O)cc1. The highest BCUT2D eigenvalue weighted by atomic mass is 16.5. The molecule has 0 spiro atoms. The quantitative estimate of drug-likeness (QED) is 0.654. The maximum absolute atomic E-state index is 12.0. The van der Waals surface area contributed by atoms with Crippen LogP contribution in [0.1, 0.15) is 22.3 Å². The van der Waals surface area contributed by atoms with Crippen molar-refractivity contribution in [2.45, 2.75) is 12.8 Å². The van der Waals surface area contributed by atoms with Crippen LogP contribution in [0.4, 0.5) is 10.5 Å². The van der Waals surface area contributed by atoms with Gasteiger partial charge in [0.05, 0.1) is 12.2 Å². The summed E-state index contributed by atoms with van der Waals surface area (Å²) in [6, 6.07) is 10.7. The maximum atomic E-state index is 12.0. The number of amides is 2. The number of anilines is 1. The fourth-order valence-corrected chi connectivity index (χ4v) is 2.57. The van der Waals surface area contributed by atoms with Crippen LogP contribution in [-0.2, 0) is 11.2 Å². The molecule has 3 rings (SSSR count). The van der Waals surface area contributed by atoms with Gasteiger partial charge < -0.3 is 10.1 Å². The third-order valence-corrected chi connectivity index (χ3v) is 3.86. The molecule has 2 aromatic rings. The zero-order valence-electron chi connectivity index (χ0n) is 13.3. The second kappa shape index (κ2) is 7.59. The third kappa shape index (κ3) is 3.90. The Morgan fingerprint density at radius 1 is 1.17 bits per heavy atom. The number of ether oxygens (including phenoxy) is 1. The molecule has 1 aromatic carbocycles. The highest BCUT2D eigenvalue weighted by Crippen LogP contribution is 2.17. The Morgan fingerprint density at radius 2 is 1.92 bits per heavy atom. The molecule has 6 heteroatoms. The number of hydrogen-bond donors (Lipinski definition) is 1. The number of aromatic nitrogens is 1. The molecule has 1 saturated heterocycles. The second-order valence-electron chi connectivity index (χ2n) is 5.53. The van der Waals surface area contributed by atoms with Gasteiger partial charge in [0.15, 0.2) is 0 Å². The standard InChI is InChI=1S/C18H19N3O3/c22-17(24-13-1-2-14-7-9-19-10-8-14)15-3-5-16(6-4-15)21-12-11-20-18(21)23/h3-10H,1-2,11-13H2,(H,20,23). The zero-order valence-corrected chi connectivity index (χ0v) is 13.3. The first kappa shape index (κ1) is 16.0. The number of esters is 1. The highest BCUT2D eigenvalue weighted by molar-refractivity contribution is 5.95. The minimum atomic E-state index is -0.345. The molecule has 0 radical (unpaired) electrons. The molecule has 1 fully saturated rings. The van der Waals surface area contributed by atoms with Crippen LogP contribution in [0.15, 0.2) is 48.8 Å². The topological polar surface area (TPSA) is 71.5 Å². The first-order chi connectivity index (χ1) is 11.7.